The second-order valence-corrected chi connectivity index (χ2v) is 8.54. The molecule has 0 spiro atoms. The van der Waals surface area contributed by atoms with Crippen molar-refractivity contribution in [1.82, 2.24) is 25.1 Å². The Bertz CT molecular complexity index is 1460. The number of fused-ring (bicyclic) bond motifs is 1. The van der Waals surface area contributed by atoms with Crippen molar-refractivity contribution in [2.45, 2.75) is 25.9 Å². The number of aryl methyl sites for hydroxylation is 1. The van der Waals surface area contributed by atoms with Crippen LogP contribution in [-0.2, 0) is 13.7 Å². The molecule has 5 rings (SSSR count). The lowest BCUT2D eigenvalue weighted by atomic mass is 10.1. The summed E-state index contributed by atoms with van der Waals surface area (Å²) in [6.45, 7) is 0.814. The number of nitrogens with zero attached hydrogens (tertiary/aromatic N) is 5. The van der Waals surface area contributed by atoms with Crippen LogP contribution in [0.4, 0.5) is 4.39 Å². The Balaban J connectivity index is 1.37. The van der Waals surface area contributed by atoms with Crippen molar-refractivity contribution in [3.8, 4) is 17.1 Å². The molecular formula is C27H25FN6O2. The molecule has 1 aliphatic rings. The third kappa shape index (κ3) is 5.46. The molecule has 3 heterocycles. The Morgan fingerprint density at radius 2 is 2.00 bits per heavy atom. The van der Waals surface area contributed by atoms with E-state index in [1.807, 2.05) is 25.5 Å². The number of halogens is 1. The van der Waals surface area contributed by atoms with Crippen molar-refractivity contribution >= 4 is 22.7 Å². The van der Waals surface area contributed by atoms with Gasteiger partial charge in [-0.3, -0.25) is 14.5 Å². The van der Waals surface area contributed by atoms with Crippen LogP contribution in [0.15, 0.2) is 72.1 Å². The number of nitrogens with one attached hydrogen (secondary N) is 1. The first-order valence-corrected chi connectivity index (χ1v) is 11.7. The van der Waals surface area contributed by atoms with Crippen LogP contribution in [0.5, 0.6) is 5.88 Å². The lowest BCUT2D eigenvalue weighted by Gasteiger charge is -2.12. The van der Waals surface area contributed by atoms with E-state index in [0.717, 1.165) is 30.5 Å². The van der Waals surface area contributed by atoms with Crippen molar-refractivity contribution in [3.05, 3.63) is 84.1 Å². The third-order valence-corrected chi connectivity index (χ3v) is 5.79. The summed E-state index contributed by atoms with van der Waals surface area (Å²) in [6, 6.07) is 11.2. The highest BCUT2D eigenvalue weighted by Crippen LogP contribution is 2.30. The zero-order valence-corrected chi connectivity index (χ0v) is 19.8. The Morgan fingerprint density at radius 3 is 2.75 bits per heavy atom. The second kappa shape index (κ2) is 10.5. The van der Waals surface area contributed by atoms with E-state index in [1.165, 1.54) is 12.1 Å². The molecule has 0 saturated carbocycles. The van der Waals surface area contributed by atoms with E-state index in [4.69, 9.17) is 9.72 Å². The molecule has 1 aliphatic heterocycles. The van der Waals surface area contributed by atoms with E-state index in [9.17, 15) is 9.18 Å². The Labute approximate surface area is 207 Å². The lowest BCUT2D eigenvalue weighted by Crippen LogP contribution is -2.24. The minimum absolute atomic E-state index is 0.176. The molecule has 4 aromatic rings. The molecule has 2 aromatic heterocycles. The lowest BCUT2D eigenvalue weighted by molar-refractivity contribution is 0.0953. The maximum absolute atomic E-state index is 13.6. The van der Waals surface area contributed by atoms with E-state index in [1.54, 1.807) is 41.2 Å². The number of ether oxygens (including phenoxy) is 1. The molecule has 0 atom stereocenters. The maximum atomic E-state index is 13.6. The number of carbonyl (C=O) groups excluding carboxylic acids is 1. The van der Waals surface area contributed by atoms with Crippen LogP contribution >= 0.6 is 0 Å². The third-order valence-electron chi connectivity index (χ3n) is 5.79. The average molecular weight is 485 g/mol. The normalized spacial score (nSPS) is 12.7. The van der Waals surface area contributed by atoms with E-state index in [0.29, 0.717) is 40.3 Å². The number of aromatic nitrogens is 4. The molecule has 0 aliphatic carbocycles. The summed E-state index contributed by atoms with van der Waals surface area (Å²) in [7, 11) is 1.83. The summed E-state index contributed by atoms with van der Waals surface area (Å²) in [5.74, 6) is -0.203. The molecule has 0 fully saturated rings. The summed E-state index contributed by atoms with van der Waals surface area (Å²) < 4.78 is 21.2. The fraction of sp³-hybridized carbons (Fsp3) is 0.222. The number of carbonyl (C=O) groups is 1. The van der Waals surface area contributed by atoms with Gasteiger partial charge in [-0.05, 0) is 55.3 Å². The van der Waals surface area contributed by atoms with Gasteiger partial charge in [0.1, 0.15) is 18.1 Å². The Kier molecular flexibility index (Phi) is 6.79. The molecule has 0 saturated heterocycles. The Morgan fingerprint density at radius 1 is 1.14 bits per heavy atom. The number of hydrogen-bond acceptors (Lipinski definition) is 6. The molecule has 36 heavy (non-hydrogen) atoms. The van der Waals surface area contributed by atoms with Crippen LogP contribution in [0.2, 0.25) is 0 Å². The van der Waals surface area contributed by atoms with Crippen LogP contribution in [0.3, 0.4) is 0 Å². The van der Waals surface area contributed by atoms with Gasteiger partial charge in [-0.2, -0.15) is 5.10 Å². The van der Waals surface area contributed by atoms with Crippen molar-refractivity contribution in [2.24, 2.45) is 12.0 Å². The SMILES string of the molecule is Cn1cc(COc2nc3ccc(C(=O)NCCCC4=NC=CC4)cc3nc2-c2ccc(F)cc2)cn1. The van der Waals surface area contributed by atoms with Gasteiger partial charge in [-0.15, -0.1) is 0 Å². The molecule has 1 amide bonds. The average Bonchev–Trinajstić information content (AvgIpc) is 3.56. The van der Waals surface area contributed by atoms with Gasteiger partial charge in [0, 0.05) is 54.8 Å². The monoisotopic (exact) mass is 484 g/mol. The molecule has 8 nitrogen and oxygen atoms in total. The van der Waals surface area contributed by atoms with Crippen LogP contribution < -0.4 is 10.1 Å². The minimum atomic E-state index is -0.347. The van der Waals surface area contributed by atoms with Gasteiger partial charge < -0.3 is 10.1 Å². The van der Waals surface area contributed by atoms with E-state index in [2.05, 4.69) is 20.4 Å². The summed E-state index contributed by atoms with van der Waals surface area (Å²) in [6.07, 6.45) is 10.00. The van der Waals surface area contributed by atoms with Crippen LogP contribution in [0.1, 0.15) is 35.2 Å². The van der Waals surface area contributed by atoms with Crippen molar-refractivity contribution in [3.63, 3.8) is 0 Å². The smallest absolute Gasteiger partial charge is 0.251 e. The number of aliphatic imine (C=N–C) groups is 1. The predicted octanol–water partition coefficient (Wildman–Crippen LogP) is 4.62. The fourth-order valence-corrected chi connectivity index (χ4v) is 3.94. The van der Waals surface area contributed by atoms with Crippen molar-refractivity contribution in [1.29, 1.82) is 0 Å². The van der Waals surface area contributed by atoms with E-state index < -0.39 is 0 Å². The van der Waals surface area contributed by atoms with Gasteiger partial charge in [0.2, 0.25) is 5.88 Å². The van der Waals surface area contributed by atoms with E-state index in [-0.39, 0.29) is 18.3 Å². The van der Waals surface area contributed by atoms with Crippen LogP contribution in [-0.4, -0.2) is 37.9 Å². The number of benzene rings is 2. The van der Waals surface area contributed by atoms with Gasteiger partial charge >= 0.3 is 0 Å². The largest absolute Gasteiger partial charge is 0.471 e. The molecule has 2 aromatic carbocycles. The molecule has 9 heteroatoms. The topological polar surface area (TPSA) is 94.3 Å². The fourth-order valence-electron chi connectivity index (χ4n) is 3.94. The standard InChI is InChI=1S/C27H25FN6O2/c1-34-16-18(15-31-34)17-36-27-25(19-6-9-21(28)10-7-19)32-24-14-20(8-11-23(24)33-27)26(35)30-13-3-5-22-4-2-12-29-22/h2,6-12,14-16H,3-5,13,17H2,1H3,(H,30,35). The zero-order chi connectivity index (χ0) is 24.9. The van der Waals surface area contributed by atoms with Gasteiger partial charge in [-0.25, -0.2) is 14.4 Å². The molecule has 0 bridgehead atoms. The zero-order valence-electron chi connectivity index (χ0n) is 19.8. The van der Waals surface area contributed by atoms with Crippen LogP contribution in [0.25, 0.3) is 22.3 Å². The summed E-state index contributed by atoms with van der Waals surface area (Å²) in [5.41, 5.74) is 4.77. The minimum Gasteiger partial charge on any atom is -0.471 e. The maximum Gasteiger partial charge on any atom is 0.251 e. The van der Waals surface area contributed by atoms with Gasteiger partial charge in [-0.1, -0.05) is 6.08 Å². The number of hydrogen-bond donors (Lipinski definition) is 1. The first-order valence-electron chi connectivity index (χ1n) is 11.7. The highest BCUT2D eigenvalue weighted by Gasteiger charge is 2.15. The molecule has 1 N–H and O–H groups in total. The Hall–Kier alpha value is -4.40. The van der Waals surface area contributed by atoms with Crippen molar-refractivity contribution in [2.75, 3.05) is 6.54 Å². The predicted molar refractivity (Wildman–Crippen MR) is 135 cm³/mol. The molecule has 182 valence electrons. The van der Waals surface area contributed by atoms with Crippen molar-refractivity contribution < 1.29 is 13.9 Å². The highest BCUT2D eigenvalue weighted by atomic mass is 19.1. The summed E-state index contributed by atoms with van der Waals surface area (Å²) in [5, 5.41) is 7.11. The number of amides is 1. The van der Waals surface area contributed by atoms with E-state index >= 15 is 0 Å². The summed E-state index contributed by atoms with van der Waals surface area (Å²) >= 11 is 0. The number of rotatable bonds is 9. The highest BCUT2D eigenvalue weighted by molar-refractivity contribution is 5.97. The number of allylic oxidation sites excluding steroid dienone is 1. The first kappa shape index (κ1) is 23.3. The van der Waals surface area contributed by atoms with Gasteiger partial charge in [0.05, 0.1) is 17.2 Å². The summed E-state index contributed by atoms with van der Waals surface area (Å²) in [4.78, 5) is 26.4. The quantitative estimate of drug-likeness (QED) is 0.350. The second-order valence-electron chi connectivity index (χ2n) is 8.54. The van der Waals surface area contributed by atoms with Crippen LogP contribution in [0, 0.1) is 5.82 Å². The van der Waals surface area contributed by atoms with Gasteiger partial charge in [0.25, 0.3) is 5.91 Å². The van der Waals surface area contributed by atoms with Gasteiger partial charge in [0.15, 0.2) is 0 Å². The first-order chi connectivity index (χ1) is 17.5. The molecular weight excluding hydrogens is 459 g/mol. The molecule has 0 unspecified atom stereocenters. The molecule has 0 radical (unpaired) electrons.